The summed E-state index contributed by atoms with van der Waals surface area (Å²) in [6.07, 6.45) is 7.63. The molecule has 6 heteroatoms. The first-order valence-corrected chi connectivity index (χ1v) is 4.81. The zero-order valence-corrected chi connectivity index (χ0v) is 7.40. The summed E-state index contributed by atoms with van der Waals surface area (Å²) in [7, 11) is -3.67. The number of imidazole rings is 1. The van der Waals surface area contributed by atoms with E-state index in [1.165, 1.54) is 0 Å². The molecule has 0 atom stereocenters. The predicted molar refractivity (Wildman–Crippen MR) is 46.1 cm³/mol. The number of hydrogen-bond acceptors (Lipinski definition) is 3. The van der Waals surface area contributed by atoms with Crippen LogP contribution in [0.1, 0.15) is 0 Å². The minimum atomic E-state index is -3.67. The second-order valence-electron chi connectivity index (χ2n) is 1.93. The summed E-state index contributed by atoms with van der Waals surface area (Å²) in [6.45, 7) is 3.53. The van der Waals surface area contributed by atoms with E-state index in [4.69, 9.17) is 4.55 Å². The van der Waals surface area contributed by atoms with Gasteiger partial charge in [-0.1, -0.05) is 6.58 Å². The fourth-order valence-electron chi connectivity index (χ4n) is 0.377. The van der Waals surface area contributed by atoms with E-state index < -0.39 is 10.1 Å². The van der Waals surface area contributed by atoms with Gasteiger partial charge in [0.2, 0.25) is 0 Å². The fraction of sp³-hybridized carbons (Fsp3) is 0.167. The van der Waals surface area contributed by atoms with Crippen LogP contribution in [0.3, 0.4) is 0 Å². The van der Waals surface area contributed by atoms with Crippen molar-refractivity contribution < 1.29 is 13.0 Å². The molecule has 1 rings (SSSR count). The summed E-state index contributed by atoms with van der Waals surface area (Å²) >= 11 is 0. The Balaban J connectivity index is 0.000000217. The van der Waals surface area contributed by atoms with E-state index in [1.54, 1.807) is 23.3 Å². The van der Waals surface area contributed by atoms with E-state index >= 15 is 0 Å². The van der Waals surface area contributed by atoms with Crippen LogP contribution in [-0.2, 0) is 10.1 Å². The van der Waals surface area contributed by atoms with Crippen molar-refractivity contribution in [1.29, 1.82) is 0 Å². The maximum atomic E-state index is 9.19. The molecule has 1 aromatic heterocycles. The van der Waals surface area contributed by atoms with E-state index in [2.05, 4.69) is 11.6 Å². The summed E-state index contributed by atoms with van der Waals surface area (Å²) in [5, 5.41) is 0. The van der Waals surface area contributed by atoms with E-state index in [0.29, 0.717) is 6.26 Å². The molecule has 0 amide bonds. The molecule has 5 nitrogen and oxygen atoms in total. The van der Waals surface area contributed by atoms with Crippen LogP contribution in [0.2, 0.25) is 0 Å². The molecule has 0 spiro atoms. The Bertz CT molecular complexity index is 307. The quantitative estimate of drug-likeness (QED) is 0.654. The first kappa shape index (κ1) is 10.9. The zero-order valence-electron chi connectivity index (χ0n) is 6.58. The van der Waals surface area contributed by atoms with E-state index in [1.807, 2.05) is 6.20 Å². The van der Waals surface area contributed by atoms with Crippen LogP contribution in [0.4, 0.5) is 0 Å². The minimum absolute atomic E-state index is 0.715. The molecule has 0 aromatic carbocycles. The first-order valence-electron chi connectivity index (χ1n) is 2.96. The lowest BCUT2D eigenvalue weighted by molar-refractivity contribution is 0.490. The molecule has 1 heterocycles. The second-order valence-corrected chi connectivity index (χ2v) is 3.39. The van der Waals surface area contributed by atoms with Gasteiger partial charge in [-0.25, -0.2) is 4.98 Å². The molecule has 0 aliphatic carbocycles. The lowest BCUT2D eigenvalue weighted by atomic mass is 10.9. The molecule has 0 aliphatic heterocycles. The van der Waals surface area contributed by atoms with Crippen molar-refractivity contribution in [2.24, 2.45) is 0 Å². The number of aromatic nitrogens is 2. The highest BCUT2D eigenvalue weighted by Gasteiger charge is 1.81. The lowest BCUT2D eigenvalue weighted by Crippen LogP contribution is -1.88. The fourth-order valence-corrected chi connectivity index (χ4v) is 0.377. The Morgan fingerprint density at radius 1 is 1.67 bits per heavy atom. The molecule has 1 aromatic rings. The Hall–Kier alpha value is -1.14. The molecule has 12 heavy (non-hydrogen) atoms. The normalized spacial score (nSPS) is 9.83. The molecular formula is C6H10N2O3S. The Morgan fingerprint density at radius 2 is 2.17 bits per heavy atom. The molecule has 0 fully saturated rings. The van der Waals surface area contributed by atoms with E-state index in [-0.39, 0.29) is 0 Å². The maximum Gasteiger partial charge on any atom is 0.261 e. The van der Waals surface area contributed by atoms with E-state index in [9.17, 15) is 8.42 Å². The summed E-state index contributed by atoms with van der Waals surface area (Å²) in [5.74, 6) is 0. The van der Waals surface area contributed by atoms with Gasteiger partial charge in [-0.3, -0.25) is 4.55 Å². The molecule has 0 bridgehead atoms. The van der Waals surface area contributed by atoms with Crippen LogP contribution in [-0.4, -0.2) is 28.8 Å². The Kier molecular flexibility index (Phi) is 4.24. The minimum Gasteiger partial charge on any atom is -0.314 e. The summed E-state index contributed by atoms with van der Waals surface area (Å²) in [4.78, 5) is 3.78. The standard InChI is InChI=1S/C5H6N2.CH4O3S/c1-2-7-4-3-6-5-7;1-5(2,3)4/h2-5H,1H2;1H3,(H,2,3,4). The number of hydrogen-bond donors (Lipinski definition) is 1. The van der Waals surface area contributed by atoms with Gasteiger partial charge in [0.15, 0.2) is 0 Å². The maximum absolute atomic E-state index is 9.19. The third kappa shape index (κ3) is 8.86. The van der Waals surface area contributed by atoms with Crippen molar-refractivity contribution in [3.05, 3.63) is 25.3 Å². The molecule has 0 aliphatic rings. The summed E-state index contributed by atoms with van der Waals surface area (Å²) in [6, 6.07) is 0. The molecule has 0 saturated heterocycles. The van der Waals surface area contributed by atoms with Crippen molar-refractivity contribution in [2.45, 2.75) is 0 Å². The lowest BCUT2D eigenvalue weighted by Gasteiger charge is -1.80. The van der Waals surface area contributed by atoms with E-state index in [0.717, 1.165) is 0 Å². The molecule has 68 valence electrons. The summed E-state index contributed by atoms with van der Waals surface area (Å²) < 4.78 is 27.6. The topological polar surface area (TPSA) is 72.2 Å². The van der Waals surface area contributed by atoms with Gasteiger partial charge in [0.25, 0.3) is 10.1 Å². The monoisotopic (exact) mass is 190 g/mol. The smallest absolute Gasteiger partial charge is 0.261 e. The molecule has 1 N–H and O–H groups in total. The van der Waals surface area contributed by atoms with Crippen molar-refractivity contribution in [1.82, 2.24) is 9.55 Å². The average molecular weight is 190 g/mol. The predicted octanol–water partition coefficient (Wildman–Crippen LogP) is 0.488. The Morgan fingerprint density at radius 3 is 2.33 bits per heavy atom. The van der Waals surface area contributed by atoms with Crippen LogP contribution in [0.25, 0.3) is 6.20 Å². The number of nitrogens with zero attached hydrogens (tertiary/aromatic N) is 2. The van der Waals surface area contributed by atoms with Gasteiger partial charge in [0.05, 0.1) is 12.6 Å². The van der Waals surface area contributed by atoms with Crippen molar-refractivity contribution >= 4 is 16.3 Å². The summed E-state index contributed by atoms with van der Waals surface area (Å²) in [5.41, 5.74) is 0. The zero-order chi connectivity index (χ0) is 9.61. The molecule has 0 unspecified atom stereocenters. The largest absolute Gasteiger partial charge is 0.314 e. The third-order valence-electron chi connectivity index (χ3n) is 0.736. The van der Waals surface area contributed by atoms with Crippen LogP contribution >= 0.6 is 0 Å². The first-order chi connectivity index (χ1) is 5.43. The SMILES string of the molecule is C=Cn1ccnc1.CS(=O)(=O)O. The number of rotatable bonds is 1. The second kappa shape index (κ2) is 4.68. The van der Waals surface area contributed by atoms with Crippen LogP contribution < -0.4 is 0 Å². The average Bonchev–Trinajstić information content (AvgIpc) is 2.33. The van der Waals surface area contributed by atoms with Crippen LogP contribution in [0.5, 0.6) is 0 Å². The van der Waals surface area contributed by atoms with Gasteiger partial charge in [0, 0.05) is 18.6 Å². The Labute approximate surface area is 71.1 Å². The highest BCUT2D eigenvalue weighted by molar-refractivity contribution is 7.85. The van der Waals surface area contributed by atoms with Crippen LogP contribution in [0, 0.1) is 0 Å². The molecule has 0 saturated carbocycles. The van der Waals surface area contributed by atoms with Gasteiger partial charge in [0.1, 0.15) is 0 Å². The van der Waals surface area contributed by atoms with Crippen LogP contribution in [0.15, 0.2) is 25.3 Å². The van der Waals surface area contributed by atoms with Gasteiger partial charge >= 0.3 is 0 Å². The van der Waals surface area contributed by atoms with Gasteiger partial charge < -0.3 is 4.57 Å². The highest BCUT2D eigenvalue weighted by Crippen LogP contribution is 1.81. The third-order valence-corrected chi connectivity index (χ3v) is 0.736. The van der Waals surface area contributed by atoms with Crippen molar-refractivity contribution in [3.8, 4) is 0 Å². The van der Waals surface area contributed by atoms with Crippen molar-refractivity contribution in [3.63, 3.8) is 0 Å². The van der Waals surface area contributed by atoms with Gasteiger partial charge in [-0.15, -0.1) is 0 Å². The van der Waals surface area contributed by atoms with Gasteiger partial charge in [-0.2, -0.15) is 8.42 Å². The molecule has 0 radical (unpaired) electrons. The highest BCUT2D eigenvalue weighted by atomic mass is 32.2. The van der Waals surface area contributed by atoms with Crippen molar-refractivity contribution in [2.75, 3.05) is 6.26 Å². The molecular weight excluding hydrogens is 180 g/mol. The van der Waals surface area contributed by atoms with Gasteiger partial charge in [-0.05, 0) is 0 Å².